The molecule has 84 valence electrons. The number of hydrazine groups is 1. The number of carbonyl (C=O) groups is 1. The number of hydrogen-bond acceptors (Lipinski definition) is 4. The molecule has 4 N–H and O–H groups in total. The number of amides is 1. The van der Waals surface area contributed by atoms with Gasteiger partial charge >= 0.3 is 11.8 Å². The second kappa shape index (κ2) is 5.84. The van der Waals surface area contributed by atoms with E-state index in [0.29, 0.717) is 6.54 Å². The van der Waals surface area contributed by atoms with Crippen LogP contribution < -0.4 is 11.3 Å². The summed E-state index contributed by atoms with van der Waals surface area (Å²) in [6.07, 6.45) is 0. The highest BCUT2D eigenvalue weighted by molar-refractivity contribution is 5.82. The van der Waals surface area contributed by atoms with Crippen LogP contribution in [0.1, 0.15) is 6.92 Å². The van der Waals surface area contributed by atoms with Crippen molar-refractivity contribution in [3.05, 3.63) is 0 Å². The first-order valence-corrected chi connectivity index (χ1v) is 4.20. The van der Waals surface area contributed by atoms with Crippen LogP contribution in [0, 0.1) is 0 Å². The molecule has 0 spiro atoms. The van der Waals surface area contributed by atoms with E-state index in [-0.39, 0.29) is 13.2 Å². The molecular weight excluding hydrogens is 196 g/mol. The molecule has 0 atom stereocenters. The summed E-state index contributed by atoms with van der Waals surface area (Å²) in [6, 6.07) is 0. The fourth-order valence-electron chi connectivity index (χ4n) is 0.949. The van der Waals surface area contributed by atoms with Gasteiger partial charge in [0, 0.05) is 6.54 Å². The first-order valence-electron chi connectivity index (χ1n) is 4.20. The second-order valence-corrected chi connectivity index (χ2v) is 2.77. The summed E-state index contributed by atoms with van der Waals surface area (Å²) in [7, 11) is 0. The summed E-state index contributed by atoms with van der Waals surface area (Å²) >= 11 is 0. The van der Waals surface area contributed by atoms with Gasteiger partial charge in [0.05, 0.1) is 13.2 Å². The number of rotatable bonds is 6. The molecule has 0 aromatic rings. The molecular formula is C7H15F2N3O2. The Bertz CT molecular complexity index is 190. The Balaban J connectivity index is 4.23. The minimum atomic E-state index is -3.53. The van der Waals surface area contributed by atoms with Gasteiger partial charge in [0.15, 0.2) is 0 Å². The Kier molecular flexibility index (Phi) is 5.51. The van der Waals surface area contributed by atoms with E-state index in [1.807, 2.05) is 0 Å². The molecule has 0 fully saturated rings. The van der Waals surface area contributed by atoms with E-state index in [1.165, 1.54) is 10.3 Å². The summed E-state index contributed by atoms with van der Waals surface area (Å²) in [5.41, 5.74) is 1.40. The molecule has 0 heterocycles. The van der Waals surface area contributed by atoms with Crippen molar-refractivity contribution in [2.75, 3.05) is 26.2 Å². The monoisotopic (exact) mass is 211 g/mol. The van der Waals surface area contributed by atoms with Crippen LogP contribution in [-0.2, 0) is 4.79 Å². The van der Waals surface area contributed by atoms with E-state index in [2.05, 4.69) is 5.84 Å². The Labute approximate surface area is 80.8 Å². The normalized spacial score (nSPS) is 11.9. The molecule has 0 saturated carbocycles. The SMILES string of the molecule is CCN(CCO)CC(F)(F)C(=O)NN. The third-order valence-electron chi connectivity index (χ3n) is 1.75. The van der Waals surface area contributed by atoms with E-state index in [0.717, 1.165) is 0 Å². The molecule has 14 heavy (non-hydrogen) atoms. The van der Waals surface area contributed by atoms with E-state index in [4.69, 9.17) is 5.11 Å². The lowest BCUT2D eigenvalue weighted by molar-refractivity contribution is -0.148. The Morgan fingerprint density at radius 3 is 2.57 bits per heavy atom. The predicted molar refractivity (Wildman–Crippen MR) is 46.5 cm³/mol. The number of hydrogen-bond donors (Lipinski definition) is 3. The average Bonchev–Trinajstić information content (AvgIpc) is 2.15. The molecule has 0 aromatic carbocycles. The number of alkyl halides is 2. The third-order valence-corrected chi connectivity index (χ3v) is 1.75. The Morgan fingerprint density at radius 2 is 2.21 bits per heavy atom. The Morgan fingerprint density at radius 1 is 1.64 bits per heavy atom. The maximum atomic E-state index is 13.0. The zero-order valence-corrected chi connectivity index (χ0v) is 7.96. The van der Waals surface area contributed by atoms with Gasteiger partial charge in [-0.3, -0.25) is 15.1 Å². The van der Waals surface area contributed by atoms with Crippen molar-refractivity contribution in [2.24, 2.45) is 5.84 Å². The van der Waals surface area contributed by atoms with Gasteiger partial charge in [-0.05, 0) is 6.54 Å². The lowest BCUT2D eigenvalue weighted by Crippen LogP contribution is -2.50. The second-order valence-electron chi connectivity index (χ2n) is 2.77. The number of nitrogens with one attached hydrogen (secondary N) is 1. The number of halogens is 2. The van der Waals surface area contributed by atoms with Crippen molar-refractivity contribution < 1.29 is 18.7 Å². The zero-order valence-electron chi connectivity index (χ0n) is 7.96. The largest absolute Gasteiger partial charge is 0.395 e. The molecule has 0 rings (SSSR count). The minimum absolute atomic E-state index is 0.101. The molecule has 7 heteroatoms. The van der Waals surface area contributed by atoms with Crippen molar-refractivity contribution in [1.82, 2.24) is 10.3 Å². The maximum Gasteiger partial charge on any atom is 0.338 e. The van der Waals surface area contributed by atoms with Gasteiger partial charge in [0.2, 0.25) is 0 Å². The van der Waals surface area contributed by atoms with Gasteiger partial charge in [-0.25, -0.2) is 5.84 Å². The quantitative estimate of drug-likeness (QED) is 0.297. The topological polar surface area (TPSA) is 78.6 Å². The number of carbonyl (C=O) groups excluding carboxylic acids is 1. The number of nitrogens with zero attached hydrogens (tertiary/aromatic N) is 1. The molecule has 1 amide bonds. The highest BCUT2D eigenvalue weighted by Crippen LogP contribution is 2.14. The van der Waals surface area contributed by atoms with E-state index < -0.39 is 18.4 Å². The van der Waals surface area contributed by atoms with Crippen molar-refractivity contribution in [3.8, 4) is 0 Å². The van der Waals surface area contributed by atoms with Crippen LogP contribution >= 0.6 is 0 Å². The molecule has 0 aliphatic carbocycles. The highest BCUT2D eigenvalue weighted by Gasteiger charge is 2.39. The lowest BCUT2D eigenvalue weighted by Gasteiger charge is -2.23. The standard InChI is InChI=1S/C7H15F2N3O2/c1-2-12(3-4-13)5-7(8,9)6(14)11-10/h13H,2-5,10H2,1H3,(H,11,14). The summed E-state index contributed by atoms with van der Waals surface area (Å²) < 4.78 is 25.9. The van der Waals surface area contributed by atoms with E-state index >= 15 is 0 Å². The van der Waals surface area contributed by atoms with Gasteiger partial charge in [-0.15, -0.1) is 0 Å². The van der Waals surface area contributed by atoms with Gasteiger partial charge in [0.25, 0.3) is 0 Å². The first kappa shape index (κ1) is 13.2. The lowest BCUT2D eigenvalue weighted by atomic mass is 10.3. The number of likely N-dealkylation sites (N-methyl/N-ethyl adjacent to an activating group) is 1. The summed E-state index contributed by atoms with van der Waals surface area (Å²) in [5, 5.41) is 8.55. The van der Waals surface area contributed by atoms with Gasteiger partial charge in [-0.2, -0.15) is 8.78 Å². The zero-order chi connectivity index (χ0) is 11.2. The maximum absolute atomic E-state index is 13.0. The number of aliphatic hydroxyl groups excluding tert-OH is 1. The Hall–Kier alpha value is -0.790. The van der Waals surface area contributed by atoms with Gasteiger partial charge in [-0.1, -0.05) is 6.92 Å². The summed E-state index contributed by atoms with van der Waals surface area (Å²) in [6.45, 7) is 1.12. The molecule has 0 radical (unpaired) electrons. The van der Waals surface area contributed by atoms with Crippen LogP contribution in [0.25, 0.3) is 0 Å². The number of nitrogens with two attached hydrogens (primary N) is 1. The molecule has 0 bridgehead atoms. The fraction of sp³-hybridized carbons (Fsp3) is 0.857. The van der Waals surface area contributed by atoms with Gasteiger partial charge < -0.3 is 5.11 Å². The van der Waals surface area contributed by atoms with Crippen molar-refractivity contribution in [1.29, 1.82) is 0 Å². The summed E-state index contributed by atoms with van der Waals surface area (Å²) in [4.78, 5) is 11.9. The molecule has 0 aromatic heterocycles. The van der Waals surface area contributed by atoms with Crippen LogP contribution in [0.3, 0.4) is 0 Å². The van der Waals surface area contributed by atoms with Crippen molar-refractivity contribution in [2.45, 2.75) is 12.8 Å². The van der Waals surface area contributed by atoms with Crippen LogP contribution in [0.2, 0.25) is 0 Å². The number of aliphatic hydroxyl groups is 1. The van der Waals surface area contributed by atoms with E-state index in [1.54, 1.807) is 6.92 Å². The molecule has 0 aliphatic heterocycles. The average molecular weight is 211 g/mol. The predicted octanol–water partition coefficient (Wildman–Crippen LogP) is -1.07. The van der Waals surface area contributed by atoms with Crippen LogP contribution in [0.4, 0.5) is 8.78 Å². The minimum Gasteiger partial charge on any atom is -0.395 e. The molecule has 0 aliphatic rings. The molecule has 0 unspecified atom stereocenters. The van der Waals surface area contributed by atoms with Crippen LogP contribution in [0.15, 0.2) is 0 Å². The first-order chi connectivity index (χ1) is 6.47. The van der Waals surface area contributed by atoms with E-state index in [9.17, 15) is 13.6 Å². The smallest absolute Gasteiger partial charge is 0.338 e. The molecule has 0 saturated heterocycles. The highest BCUT2D eigenvalue weighted by atomic mass is 19.3. The van der Waals surface area contributed by atoms with Crippen LogP contribution in [0.5, 0.6) is 0 Å². The van der Waals surface area contributed by atoms with Crippen molar-refractivity contribution >= 4 is 5.91 Å². The molecule has 5 nitrogen and oxygen atoms in total. The summed E-state index contributed by atoms with van der Waals surface area (Å²) in [5.74, 6) is -0.446. The van der Waals surface area contributed by atoms with Crippen LogP contribution in [-0.4, -0.2) is 48.1 Å². The van der Waals surface area contributed by atoms with Crippen molar-refractivity contribution in [3.63, 3.8) is 0 Å². The van der Waals surface area contributed by atoms with Gasteiger partial charge in [0.1, 0.15) is 0 Å². The third kappa shape index (κ3) is 3.95. The fourth-order valence-corrected chi connectivity index (χ4v) is 0.949.